The summed E-state index contributed by atoms with van der Waals surface area (Å²) in [7, 11) is 0. The van der Waals surface area contributed by atoms with Crippen LogP contribution < -0.4 is 16.6 Å². The zero-order valence-electron chi connectivity index (χ0n) is 10.3. The lowest BCUT2D eigenvalue weighted by atomic mass is 10.2. The molecule has 0 aromatic carbocycles. The molecule has 104 valence electrons. The van der Waals surface area contributed by atoms with Crippen molar-refractivity contribution in [3.8, 4) is 0 Å². The van der Waals surface area contributed by atoms with Crippen LogP contribution in [0.3, 0.4) is 0 Å². The van der Waals surface area contributed by atoms with Gasteiger partial charge in [-0.2, -0.15) is 0 Å². The number of amides is 1. The number of carbonyl (C=O) groups excluding carboxylic acids is 1. The summed E-state index contributed by atoms with van der Waals surface area (Å²) < 4.78 is 0. The summed E-state index contributed by atoms with van der Waals surface area (Å²) in [5, 5.41) is 3.47. The van der Waals surface area contributed by atoms with Crippen LogP contribution in [0.25, 0.3) is 0 Å². The lowest BCUT2D eigenvalue weighted by Crippen LogP contribution is -2.26. The van der Waals surface area contributed by atoms with Gasteiger partial charge in [-0.1, -0.05) is 23.4 Å². The van der Waals surface area contributed by atoms with Crippen molar-refractivity contribution >= 4 is 40.8 Å². The average Bonchev–Trinajstić information content (AvgIpc) is 2.37. The minimum Gasteiger partial charge on any atom is -0.365 e. The monoisotopic (exact) mass is 311 g/mol. The Hall–Kier alpha value is -2.06. The Bertz CT molecular complexity index is 718. The van der Waals surface area contributed by atoms with Crippen molar-refractivity contribution in [2.24, 2.45) is 5.73 Å². The molecule has 2 heterocycles. The second-order valence-electron chi connectivity index (χ2n) is 3.66. The predicted octanol–water partition coefficient (Wildman–Crippen LogP) is 1.38. The minimum atomic E-state index is -0.867. The van der Waals surface area contributed by atoms with Crippen LogP contribution in [0.2, 0.25) is 5.15 Å². The summed E-state index contributed by atoms with van der Waals surface area (Å²) in [6.45, 7) is 0. The van der Waals surface area contributed by atoms with Crippen LogP contribution in [-0.4, -0.2) is 27.1 Å². The quantitative estimate of drug-likeness (QED) is 0.446. The number of nitrogens with one attached hydrogen (secondary N) is 2. The first-order valence-corrected chi connectivity index (χ1v) is 6.98. The number of primary amides is 1. The molecule has 0 saturated carbocycles. The molecule has 0 saturated heterocycles. The molecule has 7 nitrogen and oxygen atoms in total. The van der Waals surface area contributed by atoms with Gasteiger partial charge >= 0.3 is 0 Å². The van der Waals surface area contributed by atoms with Gasteiger partial charge in [0.2, 0.25) is 0 Å². The fourth-order valence-electron chi connectivity index (χ4n) is 1.49. The number of carbonyl (C=O) groups is 1. The number of hydrogen-bond acceptors (Lipinski definition) is 6. The van der Waals surface area contributed by atoms with E-state index in [1.165, 1.54) is 24.0 Å². The van der Waals surface area contributed by atoms with Crippen molar-refractivity contribution in [2.75, 3.05) is 11.6 Å². The normalized spacial score (nSPS) is 10.3. The van der Waals surface area contributed by atoms with E-state index in [4.69, 9.17) is 17.3 Å². The SMILES string of the molecule is CSc1nc(Nc2ccnc(Cl)c2)c(C(N)=O)c(=O)[nH]1. The van der Waals surface area contributed by atoms with E-state index >= 15 is 0 Å². The summed E-state index contributed by atoms with van der Waals surface area (Å²) in [6.07, 6.45) is 3.23. The Labute approximate surface area is 123 Å². The third kappa shape index (κ3) is 3.09. The van der Waals surface area contributed by atoms with Gasteiger partial charge in [-0.25, -0.2) is 9.97 Å². The van der Waals surface area contributed by atoms with Crippen molar-refractivity contribution in [3.63, 3.8) is 0 Å². The van der Waals surface area contributed by atoms with Crippen LogP contribution in [0.1, 0.15) is 10.4 Å². The van der Waals surface area contributed by atoms with Gasteiger partial charge in [0, 0.05) is 11.9 Å². The Morgan fingerprint density at radius 1 is 1.55 bits per heavy atom. The van der Waals surface area contributed by atoms with Crippen molar-refractivity contribution in [1.29, 1.82) is 0 Å². The summed E-state index contributed by atoms with van der Waals surface area (Å²) in [6, 6.07) is 3.16. The number of H-pyrrole nitrogens is 1. The summed E-state index contributed by atoms with van der Waals surface area (Å²) >= 11 is 7.00. The number of anilines is 2. The first-order valence-electron chi connectivity index (χ1n) is 5.38. The maximum absolute atomic E-state index is 11.8. The van der Waals surface area contributed by atoms with E-state index in [0.29, 0.717) is 10.8 Å². The van der Waals surface area contributed by atoms with Gasteiger partial charge in [-0.05, 0) is 18.4 Å². The maximum atomic E-state index is 11.8. The molecule has 0 unspecified atom stereocenters. The van der Waals surface area contributed by atoms with E-state index in [1.807, 2.05) is 0 Å². The van der Waals surface area contributed by atoms with E-state index < -0.39 is 11.5 Å². The van der Waals surface area contributed by atoms with Gasteiger partial charge in [-0.15, -0.1) is 0 Å². The highest BCUT2D eigenvalue weighted by Gasteiger charge is 2.16. The number of rotatable bonds is 4. The highest BCUT2D eigenvalue weighted by molar-refractivity contribution is 7.98. The van der Waals surface area contributed by atoms with E-state index in [2.05, 4.69) is 20.3 Å². The van der Waals surface area contributed by atoms with Crippen LogP contribution >= 0.6 is 23.4 Å². The van der Waals surface area contributed by atoms with Gasteiger partial charge in [0.15, 0.2) is 11.0 Å². The van der Waals surface area contributed by atoms with Gasteiger partial charge in [0.05, 0.1) is 0 Å². The van der Waals surface area contributed by atoms with Gasteiger partial charge in [0.1, 0.15) is 10.7 Å². The van der Waals surface area contributed by atoms with E-state index in [0.717, 1.165) is 0 Å². The number of aromatic amines is 1. The number of thioether (sulfide) groups is 1. The van der Waals surface area contributed by atoms with Crippen molar-refractivity contribution < 1.29 is 4.79 Å². The lowest BCUT2D eigenvalue weighted by Gasteiger charge is -2.09. The zero-order chi connectivity index (χ0) is 14.7. The maximum Gasteiger partial charge on any atom is 0.266 e. The lowest BCUT2D eigenvalue weighted by molar-refractivity contribution is 0.0999. The number of nitrogens with two attached hydrogens (primary N) is 1. The predicted molar refractivity (Wildman–Crippen MR) is 77.7 cm³/mol. The number of pyridine rings is 1. The van der Waals surface area contributed by atoms with Crippen LogP contribution in [0.5, 0.6) is 0 Å². The highest BCUT2D eigenvalue weighted by atomic mass is 35.5. The van der Waals surface area contributed by atoms with E-state index in [9.17, 15) is 9.59 Å². The summed E-state index contributed by atoms with van der Waals surface area (Å²) in [5.74, 6) is -0.790. The molecule has 2 rings (SSSR count). The third-order valence-electron chi connectivity index (χ3n) is 2.33. The second-order valence-corrected chi connectivity index (χ2v) is 4.84. The molecule has 0 aliphatic rings. The zero-order valence-corrected chi connectivity index (χ0v) is 11.9. The highest BCUT2D eigenvalue weighted by Crippen LogP contribution is 2.20. The second kappa shape index (κ2) is 5.93. The number of aromatic nitrogens is 3. The van der Waals surface area contributed by atoms with Crippen LogP contribution in [0, 0.1) is 0 Å². The number of hydrogen-bond donors (Lipinski definition) is 3. The smallest absolute Gasteiger partial charge is 0.266 e. The molecule has 0 bridgehead atoms. The Balaban J connectivity index is 2.51. The van der Waals surface area contributed by atoms with E-state index in [-0.39, 0.29) is 16.5 Å². The fourth-order valence-corrected chi connectivity index (χ4v) is 2.04. The van der Waals surface area contributed by atoms with Gasteiger partial charge in [-0.3, -0.25) is 9.59 Å². The molecule has 0 aliphatic heterocycles. The van der Waals surface area contributed by atoms with Gasteiger partial charge in [0.25, 0.3) is 11.5 Å². The molecular formula is C11H10ClN5O2S. The molecule has 4 N–H and O–H groups in total. The average molecular weight is 312 g/mol. The van der Waals surface area contributed by atoms with Crippen molar-refractivity contribution in [2.45, 2.75) is 5.16 Å². The summed E-state index contributed by atoms with van der Waals surface area (Å²) in [4.78, 5) is 33.6. The van der Waals surface area contributed by atoms with E-state index in [1.54, 1.807) is 12.3 Å². The molecular weight excluding hydrogens is 302 g/mol. The minimum absolute atomic E-state index is 0.0767. The molecule has 0 radical (unpaired) electrons. The fraction of sp³-hybridized carbons (Fsp3) is 0.0909. The van der Waals surface area contributed by atoms with Crippen LogP contribution in [-0.2, 0) is 0 Å². The molecule has 2 aromatic rings. The van der Waals surface area contributed by atoms with Crippen molar-refractivity contribution in [1.82, 2.24) is 15.0 Å². The van der Waals surface area contributed by atoms with Gasteiger partial charge < -0.3 is 16.0 Å². The first kappa shape index (κ1) is 14.4. The van der Waals surface area contributed by atoms with Crippen LogP contribution in [0.4, 0.5) is 11.5 Å². The summed E-state index contributed by atoms with van der Waals surface area (Å²) in [5.41, 5.74) is 4.91. The largest absolute Gasteiger partial charge is 0.365 e. The standard InChI is InChI=1S/C11H10ClN5O2S/c1-20-11-16-9(7(8(13)18)10(19)17-11)15-5-2-3-14-6(12)4-5/h2-4H,1H3,(H2,13,18)(H2,14,15,16,17,19). The first-order chi connectivity index (χ1) is 9.51. The molecule has 20 heavy (non-hydrogen) atoms. The molecule has 0 atom stereocenters. The molecule has 1 amide bonds. The third-order valence-corrected chi connectivity index (χ3v) is 3.11. The molecule has 9 heteroatoms. The number of halogens is 1. The molecule has 2 aromatic heterocycles. The topological polar surface area (TPSA) is 114 Å². The Morgan fingerprint density at radius 3 is 2.90 bits per heavy atom. The number of nitrogens with zero attached hydrogens (tertiary/aromatic N) is 2. The Morgan fingerprint density at radius 2 is 2.30 bits per heavy atom. The molecule has 0 spiro atoms. The van der Waals surface area contributed by atoms with Crippen molar-refractivity contribution in [3.05, 3.63) is 39.4 Å². The molecule has 0 aliphatic carbocycles. The Kier molecular flexibility index (Phi) is 4.26. The molecule has 0 fully saturated rings. The van der Waals surface area contributed by atoms with Crippen LogP contribution in [0.15, 0.2) is 28.3 Å².